The van der Waals surface area contributed by atoms with Gasteiger partial charge in [-0.25, -0.2) is 4.79 Å². The van der Waals surface area contributed by atoms with Crippen molar-refractivity contribution in [2.24, 2.45) is 5.92 Å². The summed E-state index contributed by atoms with van der Waals surface area (Å²) in [6.45, 7) is 3.79. The van der Waals surface area contributed by atoms with Gasteiger partial charge in [0.1, 0.15) is 6.04 Å². The zero-order valence-electron chi connectivity index (χ0n) is 11.6. The molecule has 0 aliphatic rings. The van der Waals surface area contributed by atoms with Gasteiger partial charge in [0.25, 0.3) is 5.91 Å². The maximum atomic E-state index is 12.2. The maximum absolute atomic E-state index is 12.2. The van der Waals surface area contributed by atoms with Crippen molar-refractivity contribution in [3.05, 3.63) is 35.4 Å². The van der Waals surface area contributed by atoms with Gasteiger partial charge in [-0.15, -0.1) is 0 Å². The van der Waals surface area contributed by atoms with Gasteiger partial charge < -0.3 is 10.4 Å². The molecule has 0 fully saturated rings. The molecule has 0 spiro atoms. The molecule has 0 saturated heterocycles. The van der Waals surface area contributed by atoms with Crippen molar-refractivity contribution in [3.63, 3.8) is 0 Å². The number of carbonyl (C=O) groups is 2. The zero-order chi connectivity index (χ0) is 15.1. The van der Waals surface area contributed by atoms with Crippen molar-refractivity contribution in [2.45, 2.75) is 32.7 Å². The maximum Gasteiger partial charge on any atom is 0.326 e. The first-order valence-electron chi connectivity index (χ1n) is 6.44. The topological polar surface area (TPSA) is 90.2 Å². The molecule has 1 atom stereocenters. The van der Waals surface area contributed by atoms with Gasteiger partial charge in [0.05, 0.1) is 12.5 Å². The second-order valence-electron chi connectivity index (χ2n) is 4.99. The van der Waals surface area contributed by atoms with Gasteiger partial charge in [-0.2, -0.15) is 5.26 Å². The predicted octanol–water partition coefficient (Wildman–Crippen LogP) is 1.98. The number of hydrogen-bond acceptors (Lipinski definition) is 3. The highest BCUT2D eigenvalue weighted by molar-refractivity contribution is 5.97. The number of aliphatic carboxylic acids is 1. The van der Waals surface area contributed by atoms with Gasteiger partial charge >= 0.3 is 5.97 Å². The van der Waals surface area contributed by atoms with E-state index in [1.54, 1.807) is 24.3 Å². The molecule has 1 rings (SSSR count). The van der Waals surface area contributed by atoms with Crippen molar-refractivity contribution < 1.29 is 14.7 Å². The number of nitriles is 1. The summed E-state index contributed by atoms with van der Waals surface area (Å²) in [4.78, 5) is 23.3. The van der Waals surface area contributed by atoms with Crippen LogP contribution in [0.3, 0.4) is 0 Å². The molecule has 0 aromatic heterocycles. The average molecular weight is 274 g/mol. The fraction of sp³-hybridized carbons (Fsp3) is 0.400. The molecule has 1 aromatic rings. The van der Waals surface area contributed by atoms with E-state index >= 15 is 0 Å². The Hall–Kier alpha value is -2.35. The Bertz CT molecular complexity index is 532. The molecule has 0 bridgehead atoms. The molecule has 20 heavy (non-hydrogen) atoms. The molecule has 1 aromatic carbocycles. The highest BCUT2D eigenvalue weighted by atomic mass is 16.4. The minimum atomic E-state index is -1.05. The highest BCUT2D eigenvalue weighted by Gasteiger charge is 2.22. The van der Waals surface area contributed by atoms with E-state index in [1.807, 2.05) is 19.9 Å². The lowest BCUT2D eigenvalue weighted by molar-refractivity contribution is -0.139. The van der Waals surface area contributed by atoms with Crippen molar-refractivity contribution in [1.82, 2.24) is 5.32 Å². The SMILES string of the molecule is CC(C)CC(NC(=O)c1ccccc1CC#N)C(=O)O. The fourth-order valence-corrected chi connectivity index (χ4v) is 1.91. The molecule has 0 saturated carbocycles. The van der Waals surface area contributed by atoms with Crippen molar-refractivity contribution >= 4 is 11.9 Å². The fourth-order valence-electron chi connectivity index (χ4n) is 1.91. The van der Waals surface area contributed by atoms with Crippen LogP contribution in [0.2, 0.25) is 0 Å². The normalized spacial score (nSPS) is 11.7. The number of nitrogens with one attached hydrogen (secondary N) is 1. The van der Waals surface area contributed by atoms with Crippen LogP contribution in [-0.4, -0.2) is 23.0 Å². The Balaban J connectivity index is 2.89. The molecule has 0 aliphatic heterocycles. The van der Waals surface area contributed by atoms with Crippen molar-refractivity contribution in [1.29, 1.82) is 5.26 Å². The smallest absolute Gasteiger partial charge is 0.326 e. The summed E-state index contributed by atoms with van der Waals surface area (Å²) >= 11 is 0. The van der Waals surface area contributed by atoms with Crippen LogP contribution < -0.4 is 5.32 Å². The van der Waals surface area contributed by atoms with Crippen LogP contribution in [0.4, 0.5) is 0 Å². The summed E-state index contributed by atoms with van der Waals surface area (Å²) in [5, 5.41) is 20.4. The first-order chi connectivity index (χ1) is 9.45. The molecule has 0 radical (unpaired) electrons. The van der Waals surface area contributed by atoms with Crippen LogP contribution in [0.5, 0.6) is 0 Å². The number of amides is 1. The quantitative estimate of drug-likeness (QED) is 0.830. The van der Waals surface area contributed by atoms with Gasteiger partial charge in [-0.1, -0.05) is 32.0 Å². The Labute approximate surface area is 118 Å². The molecule has 5 nitrogen and oxygen atoms in total. The van der Waals surface area contributed by atoms with Crippen LogP contribution in [0.1, 0.15) is 36.2 Å². The van der Waals surface area contributed by atoms with E-state index in [9.17, 15) is 9.59 Å². The summed E-state index contributed by atoms with van der Waals surface area (Å²) in [6, 6.07) is 7.79. The Morgan fingerprint density at radius 1 is 1.35 bits per heavy atom. The van der Waals surface area contributed by atoms with E-state index < -0.39 is 17.9 Å². The predicted molar refractivity (Wildman–Crippen MR) is 74.1 cm³/mol. The van der Waals surface area contributed by atoms with E-state index in [0.29, 0.717) is 17.5 Å². The monoisotopic (exact) mass is 274 g/mol. The van der Waals surface area contributed by atoms with E-state index in [4.69, 9.17) is 10.4 Å². The van der Waals surface area contributed by atoms with Crippen molar-refractivity contribution in [2.75, 3.05) is 0 Å². The standard InChI is InChI=1S/C15H18N2O3/c1-10(2)9-13(15(19)20)17-14(18)12-6-4-3-5-11(12)7-8-16/h3-6,10,13H,7,9H2,1-2H3,(H,17,18)(H,19,20). The lowest BCUT2D eigenvalue weighted by Gasteiger charge is -2.17. The Morgan fingerprint density at radius 2 is 2.00 bits per heavy atom. The Morgan fingerprint density at radius 3 is 2.55 bits per heavy atom. The summed E-state index contributed by atoms with van der Waals surface area (Å²) in [5.41, 5.74) is 0.949. The van der Waals surface area contributed by atoms with Gasteiger partial charge in [-0.3, -0.25) is 4.79 Å². The molecule has 0 aliphatic carbocycles. The number of nitrogens with zero attached hydrogens (tertiary/aromatic N) is 1. The summed E-state index contributed by atoms with van der Waals surface area (Å²) in [7, 11) is 0. The van der Waals surface area contributed by atoms with Gasteiger partial charge in [-0.05, 0) is 24.0 Å². The third-order valence-corrected chi connectivity index (χ3v) is 2.84. The summed E-state index contributed by atoms with van der Waals surface area (Å²) < 4.78 is 0. The lowest BCUT2D eigenvalue weighted by Crippen LogP contribution is -2.41. The number of carbonyl (C=O) groups excluding carboxylic acids is 1. The molecule has 1 amide bonds. The third-order valence-electron chi connectivity index (χ3n) is 2.84. The van der Waals surface area contributed by atoms with E-state index in [1.165, 1.54) is 0 Å². The molecule has 0 heterocycles. The third kappa shape index (κ3) is 4.39. The highest BCUT2D eigenvalue weighted by Crippen LogP contribution is 2.11. The molecular formula is C15H18N2O3. The van der Waals surface area contributed by atoms with E-state index in [0.717, 1.165) is 0 Å². The number of carboxylic acids is 1. The van der Waals surface area contributed by atoms with E-state index in [-0.39, 0.29) is 12.3 Å². The summed E-state index contributed by atoms with van der Waals surface area (Å²) in [6.07, 6.45) is 0.479. The van der Waals surface area contributed by atoms with Crippen LogP contribution >= 0.6 is 0 Å². The Kier molecular flexibility index (Phi) is 5.73. The first kappa shape index (κ1) is 15.7. The minimum absolute atomic E-state index is 0.117. The molecule has 2 N–H and O–H groups in total. The second-order valence-corrected chi connectivity index (χ2v) is 4.99. The molecule has 5 heteroatoms. The molecule has 106 valence electrons. The second kappa shape index (κ2) is 7.29. The number of rotatable bonds is 6. The summed E-state index contributed by atoms with van der Waals surface area (Å²) in [5.74, 6) is -1.35. The minimum Gasteiger partial charge on any atom is -0.480 e. The first-order valence-corrected chi connectivity index (χ1v) is 6.44. The van der Waals surface area contributed by atoms with Gasteiger partial charge in [0, 0.05) is 5.56 Å². The van der Waals surface area contributed by atoms with Crippen molar-refractivity contribution in [3.8, 4) is 6.07 Å². The molecule has 1 unspecified atom stereocenters. The van der Waals surface area contributed by atoms with E-state index in [2.05, 4.69) is 5.32 Å². The lowest BCUT2D eigenvalue weighted by atomic mass is 10.0. The number of hydrogen-bond donors (Lipinski definition) is 2. The van der Waals surface area contributed by atoms with Crippen LogP contribution in [0.25, 0.3) is 0 Å². The molecular weight excluding hydrogens is 256 g/mol. The number of benzene rings is 1. The zero-order valence-corrected chi connectivity index (χ0v) is 11.6. The van der Waals surface area contributed by atoms with Crippen LogP contribution in [-0.2, 0) is 11.2 Å². The van der Waals surface area contributed by atoms with Crippen LogP contribution in [0, 0.1) is 17.2 Å². The average Bonchev–Trinajstić information content (AvgIpc) is 2.38. The number of carboxylic acid groups (broad SMARTS) is 1. The van der Waals surface area contributed by atoms with Gasteiger partial charge in [0.15, 0.2) is 0 Å². The van der Waals surface area contributed by atoms with Crippen LogP contribution in [0.15, 0.2) is 24.3 Å². The van der Waals surface area contributed by atoms with Gasteiger partial charge in [0.2, 0.25) is 0 Å². The largest absolute Gasteiger partial charge is 0.480 e.